The number of aryl methyl sites for hydroxylation is 1. The van der Waals surface area contributed by atoms with Gasteiger partial charge in [0.2, 0.25) is 5.91 Å². The van der Waals surface area contributed by atoms with E-state index in [1.165, 1.54) is 6.07 Å². The van der Waals surface area contributed by atoms with Gasteiger partial charge >= 0.3 is 0 Å². The molecule has 1 amide bonds. The average molecular weight is 263 g/mol. The fourth-order valence-corrected chi connectivity index (χ4v) is 2.25. The van der Waals surface area contributed by atoms with Crippen LogP contribution in [0.5, 0.6) is 0 Å². The molecule has 0 aliphatic carbocycles. The van der Waals surface area contributed by atoms with Gasteiger partial charge in [0, 0.05) is 17.3 Å². The van der Waals surface area contributed by atoms with Gasteiger partial charge in [0.1, 0.15) is 0 Å². The van der Waals surface area contributed by atoms with Gasteiger partial charge in [-0.05, 0) is 31.9 Å². The maximum Gasteiger partial charge on any atom is 0.274 e. The second kappa shape index (κ2) is 5.79. The van der Waals surface area contributed by atoms with E-state index in [0.29, 0.717) is 17.7 Å². The van der Waals surface area contributed by atoms with Gasteiger partial charge in [0.15, 0.2) is 0 Å². The van der Waals surface area contributed by atoms with Crippen molar-refractivity contribution in [3.05, 3.63) is 33.9 Å². The number of benzene rings is 1. The van der Waals surface area contributed by atoms with Gasteiger partial charge in [-0.2, -0.15) is 0 Å². The molecular weight excluding hydrogens is 246 g/mol. The van der Waals surface area contributed by atoms with Crippen LogP contribution in [-0.2, 0) is 11.2 Å². The fraction of sp³-hybridized carbons (Fsp3) is 0.462. The minimum Gasteiger partial charge on any atom is -0.324 e. The van der Waals surface area contributed by atoms with E-state index in [9.17, 15) is 14.9 Å². The zero-order valence-electron chi connectivity index (χ0n) is 10.8. The fourth-order valence-electron chi connectivity index (χ4n) is 2.25. The van der Waals surface area contributed by atoms with E-state index in [2.05, 4.69) is 10.6 Å². The topological polar surface area (TPSA) is 84.3 Å². The van der Waals surface area contributed by atoms with Crippen LogP contribution in [0.25, 0.3) is 0 Å². The van der Waals surface area contributed by atoms with Gasteiger partial charge in [-0.3, -0.25) is 14.9 Å². The number of rotatable bonds is 4. The molecule has 2 rings (SSSR count). The summed E-state index contributed by atoms with van der Waals surface area (Å²) < 4.78 is 0. The van der Waals surface area contributed by atoms with Crippen molar-refractivity contribution >= 4 is 17.3 Å². The highest BCUT2D eigenvalue weighted by molar-refractivity contribution is 5.95. The van der Waals surface area contributed by atoms with Crippen molar-refractivity contribution in [2.75, 3.05) is 11.9 Å². The molecule has 1 aromatic carbocycles. The summed E-state index contributed by atoms with van der Waals surface area (Å²) in [6, 6.07) is 4.63. The number of anilines is 1. The minimum absolute atomic E-state index is 0.0553. The van der Waals surface area contributed by atoms with Crippen LogP contribution in [0.1, 0.15) is 25.3 Å². The van der Waals surface area contributed by atoms with Gasteiger partial charge in [-0.1, -0.05) is 13.0 Å². The van der Waals surface area contributed by atoms with Crippen molar-refractivity contribution in [1.29, 1.82) is 0 Å². The van der Waals surface area contributed by atoms with Crippen LogP contribution in [-0.4, -0.2) is 23.4 Å². The molecule has 1 fully saturated rings. The predicted octanol–water partition coefficient (Wildman–Crippen LogP) is 1.85. The second-order valence-electron chi connectivity index (χ2n) is 4.59. The lowest BCUT2D eigenvalue weighted by Crippen LogP contribution is -2.35. The Bertz CT molecular complexity index is 496. The molecule has 2 N–H and O–H groups in total. The Kier molecular flexibility index (Phi) is 4.11. The van der Waals surface area contributed by atoms with E-state index in [1.54, 1.807) is 12.1 Å². The van der Waals surface area contributed by atoms with Crippen molar-refractivity contribution in [3.8, 4) is 0 Å². The molecule has 0 saturated carbocycles. The van der Waals surface area contributed by atoms with Crippen molar-refractivity contribution < 1.29 is 9.72 Å². The van der Waals surface area contributed by atoms with Crippen LogP contribution in [0.4, 0.5) is 11.4 Å². The Morgan fingerprint density at radius 3 is 2.95 bits per heavy atom. The first kappa shape index (κ1) is 13.5. The molecule has 1 atom stereocenters. The maximum atomic E-state index is 11.9. The smallest absolute Gasteiger partial charge is 0.274 e. The quantitative estimate of drug-likeness (QED) is 0.641. The Labute approximate surface area is 111 Å². The molecule has 0 spiro atoms. The maximum absolute atomic E-state index is 11.9. The van der Waals surface area contributed by atoms with Gasteiger partial charge in [-0.25, -0.2) is 0 Å². The van der Waals surface area contributed by atoms with E-state index in [4.69, 9.17) is 0 Å². The molecule has 6 heteroatoms. The summed E-state index contributed by atoms with van der Waals surface area (Å²) in [7, 11) is 0. The summed E-state index contributed by atoms with van der Waals surface area (Å²) in [5.74, 6) is -0.129. The van der Waals surface area contributed by atoms with Crippen LogP contribution < -0.4 is 10.6 Å². The van der Waals surface area contributed by atoms with E-state index in [0.717, 1.165) is 19.4 Å². The van der Waals surface area contributed by atoms with Gasteiger partial charge in [0.05, 0.1) is 11.0 Å². The van der Waals surface area contributed by atoms with Crippen molar-refractivity contribution in [1.82, 2.24) is 5.32 Å². The lowest BCUT2D eigenvalue weighted by molar-refractivity contribution is -0.385. The average Bonchev–Trinajstić information content (AvgIpc) is 2.92. The molecule has 102 valence electrons. The predicted molar refractivity (Wildman–Crippen MR) is 72.1 cm³/mol. The standard InChI is InChI=1S/C13H17N3O3/c1-2-9-5-6-10(8-12(9)16(18)19)15-13(17)11-4-3-7-14-11/h5-6,8,11,14H,2-4,7H2,1H3,(H,15,17). The monoisotopic (exact) mass is 263 g/mol. The number of hydrogen-bond donors (Lipinski definition) is 2. The summed E-state index contributed by atoms with van der Waals surface area (Å²) in [6.45, 7) is 2.70. The zero-order valence-corrected chi connectivity index (χ0v) is 10.8. The van der Waals surface area contributed by atoms with Gasteiger partial charge < -0.3 is 10.6 Å². The first-order valence-corrected chi connectivity index (χ1v) is 6.43. The second-order valence-corrected chi connectivity index (χ2v) is 4.59. The zero-order chi connectivity index (χ0) is 13.8. The lowest BCUT2D eigenvalue weighted by Gasteiger charge is -2.11. The van der Waals surface area contributed by atoms with Crippen LogP contribution in [0, 0.1) is 10.1 Å². The highest BCUT2D eigenvalue weighted by atomic mass is 16.6. The van der Waals surface area contributed by atoms with E-state index in [-0.39, 0.29) is 17.6 Å². The number of nitro benzene ring substituents is 1. The molecule has 19 heavy (non-hydrogen) atoms. The number of hydrogen-bond acceptors (Lipinski definition) is 4. The molecule has 1 unspecified atom stereocenters. The number of nitrogens with zero attached hydrogens (tertiary/aromatic N) is 1. The molecule has 1 aromatic rings. The summed E-state index contributed by atoms with van der Waals surface area (Å²) in [6.07, 6.45) is 2.38. The minimum atomic E-state index is -0.414. The normalized spacial score (nSPS) is 18.3. The highest BCUT2D eigenvalue weighted by Crippen LogP contribution is 2.24. The van der Waals surface area contributed by atoms with Gasteiger partial charge in [-0.15, -0.1) is 0 Å². The van der Waals surface area contributed by atoms with E-state index >= 15 is 0 Å². The Morgan fingerprint density at radius 1 is 1.58 bits per heavy atom. The van der Waals surface area contributed by atoms with Crippen LogP contribution >= 0.6 is 0 Å². The molecular formula is C13H17N3O3. The van der Waals surface area contributed by atoms with Crippen LogP contribution in [0.3, 0.4) is 0 Å². The van der Waals surface area contributed by atoms with E-state index < -0.39 is 4.92 Å². The molecule has 6 nitrogen and oxygen atoms in total. The molecule has 1 aliphatic heterocycles. The van der Waals surface area contributed by atoms with Crippen molar-refractivity contribution in [2.24, 2.45) is 0 Å². The molecule has 1 aliphatic rings. The van der Waals surface area contributed by atoms with E-state index in [1.807, 2.05) is 6.92 Å². The first-order chi connectivity index (χ1) is 9.11. The Morgan fingerprint density at radius 2 is 2.37 bits per heavy atom. The third-order valence-electron chi connectivity index (χ3n) is 3.31. The number of carbonyl (C=O) groups excluding carboxylic acids is 1. The summed E-state index contributed by atoms with van der Waals surface area (Å²) in [5, 5.41) is 16.8. The SMILES string of the molecule is CCc1ccc(NC(=O)C2CCCN2)cc1[N+](=O)[O-]. The molecule has 1 saturated heterocycles. The Balaban J connectivity index is 2.14. The number of nitrogens with one attached hydrogen (secondary N) is 2. The largest absolute Gasteiger partial charge is 0.324 e. The third kappa shape index (κ3) is 3.08. The van der Waals surface area contributed by atoms with Crippen molar-refractivity contribution in [3.63, 3.8) is 0 Å². The number of amides is 1. The molecule has 0 radical (unpaired) electrons. The summed E-state index contributed by atoms with van der Waals surface area (Å²) in [4.78, 5) is 22.4. The summed E-state index contributed by atoms with van der Waals surface area (Å²) in [5.41, 5.74) is 1.20. The highest BCUT2D eigenvalue weighted by Gasteiger charge is 2.22. The molecule has 0 aromatic heterocycles. The lowest BCUT2D eigenvalue weighted by atomic mass is 10.1. The third-order valence-corrected chi connectivity index (χ3v) is 3.31. The first-order valence-electron chi connectivity index (χ1n) is 6.43. The molecule has 0 bridgehead atoms. The van der Waals surface area contributed by atoms with Gasteiger partial charge in [0.25, 0.3) is 5.69 Å². The molecule has 1 heterocycles. The Hall–Kier alpha value is -1.95. The number of carbonyl (C=O) groups is 1. The van der Waals surface area contributed by atoms with Crippen LogP contribution in [0.15, 0.2) is 18.2 Å². The number of nitro groups is 1. The van der Waals surface area contributed by atoms with Crippen LogP contribution in [0.2, 0.25) is 0 Å². The summed E-state index contributed by atoms with van der Waals surface area (Å²) >= 11 is 0. The van der Waals surface area contributed by atoms with Crippen molar-refractivity contribution in [2.45, 2.75) is 32.2 Å².